The fraction of sp³-hybridized carbons (Fsp3) is 0.571. The molecule has 1 aromatic carbocycles. The van der Waals surface area contributed by atoms with Gasteiger partial charge in [-0.15, -0.1) is 0 Å². The first-order valence-corrected chi connectivity index (χ1v) is 9.92. The van der Waals surface area contributed by atoms with Gasteiger partial charge < -0.3 is 19.4 Å². The number of hydrogen-bond acceptors (Lipinski definition) is 4. The summed E-state index contributed by atoms with van der Waals surface area (Å²) < 4.78 is 5.20. The molecule has 2 aliphatic rings. The van der Waals surface area contributed by atoms with E-state index in [1.807, 2.05) is 24.8 Å². The highest BCUT2D eigenvalue weighted by Gasteiger charge is 2.38. The smallest absolute Gasteiger partial charge is 0.254 e. The van der Waals surface area contributed by atoms with Gasteiger partial charge in [-0.25, -0.2) is 0 Å². The average Bonchev–Trinajstić information content (AvgIpc) is 2.93. The van der Waals surface area contributed by atoms with E-state index in [4.69, 9.17) is 4.74 Å². The molecular weight excluding hydrogens is 358 g/mol. The molecule has 152 valence electrons. The number of carbonyl (C=O) groups excluding carboxylic acids is 3. The SMILES string of the molecule is COc1cccc(C(=O)N2CCCN(C(=O)C3CC(=O)N(C(C)C)C3)CC2)c1. The zero-order chi connectivity index (χ0) is 20.3. The molecule has 0 aromatic heterocycles. The number of nitrogens with zero attached hydrogens (tertiary/aromatic N) is 3. The highest BCUT2D eigenvalue weighted by Crippen LogP contribution is 2.23. The summed E-state index contributed by atoms with van der Waals surface area (Å²) in [5, 5.41) is 0. The molecular formula is C21H29N3O4. The molecule has 0 bridgehead atoms. The van der Waals surface area contributed by atoms with Gasteiger partial charge in [-0.1, -0.05) is 6.07 Å². The van der Waals surface area contributed by atoms with Crippen molar-refractivity contribution in [2.75, 3.05) is 39.8 Å². The third-order valence-corrected chi connectivity index (χ3v) is 5.54. The highest BCUT2D eigenvalue weighted by atomic mass is 16.5. The molecule has 0 saturated carbocycles. The number of rotatable bonds is 4. The number of likely N-dealkylation sites (tertiary alicyclic amines) is 1. The Morgan fingerprint density at radius 1 is 1.11 bits per heavy atom. The Balaban J connectivity index is 1.61. The summed E-state index contributed by atoms with van der Waals surface area (Å²) in [5.41, 5.74) is 0.591. The predicted molar refractivity (Wildman–Crippen MR) is 105 cm³/mol. The summed E-state index contributed by atoms with van der Waals surface area (Å²) in [6.45, 7) is 6.67. The van der Waals surface area contributed by atoms with Gasteiger partial charge in [0.2, 0.25) is 11.8 Å². The van der Waals surface area contributed by atoms with E-state index in [-0.39, 0.29) is 29.7 Å². The van der Waals surface area contributed by atoms with Gasteiger partial charge in [0.25, 0.3) is 5.91 Å². The molecule has 7 nitrogen and oxygen atoms in total. The number of carbonyl (C=O) groups is 3. The van der Waals surface area contributed by atoms with Gasteiger partial charge in [-0.2, -0.15) is 0 Å². The van der Waals surface area contributed by atoms with Gasteiger partial charge in [0, 0.05) is 50.7 Å². The Morgan fingerprint density at radius 3 is 2.50 bits per heavy atom. The maximum atomic E-state index is 12.9. The third-order valence-electron chi connectivity index (χ3n) is 5.54. The van der Waals surface area contributed by atoms with Crippen molar-refractivity contribution in [1.29, 1.82) is 0 Å². The first-order valence-electron chi connectivity index (χ1n) is 9.92. The van der Waals surface area contributed by atoms with Crippen molar-refractivity contribution in [3.8, 4) is 5.75 Å². The lowest BCUT2D eigenvalue weighted by molar-refractivity contribution is -0.135. The Labute approximate surface area is 166 Å². The summed E-state index contributed by atoms with van der Waals surface area (Å²) >= 11 is 0. The summed E-state index contributed by atoms with van der Waals surface area (Å²) in [6, 6.07) is 7.25. The fourth-order valence-corrected chi connectivity index (χ4v) is 3.93. The molecule has 3 rings (SSSR count). The van der Waals surface area contributed by atoms with Gasteiger partial charge in [-0.3, -0.25) is 14.4 Å². The maximum Gasteiger partial charge on any atom is 0.254 e. The zero-order valence-corrected chi connectivity index (χ0v) is 16.9. The summed E-state index contributed by atoms with van der Waals surface area (Å²) in [6.07, 6.45) is 1.02. The van der Waals surface area contributed by atoms with Crippen LogP contribution >= 0.6 is 0 Å². The second-order valence-electron chi connectivity index (χ2n) is 7.74. The van der Waals surface area contributed by atoms with Crippen molar-refractivity contribution in [2.45, 2.75) is 32.7 Å². The molecule has 7 heteroatoms. The van der Waals surface area contributed by atoms with Gasteiger partial charge in [0.05, 0.1) is 13.0 Å². The van der Waals surface area contributed by atoms with Crippen molar-refractivity contribution >= 4 is 17.7 Å². The van der Waals surface area contributed by atoms with E-state index in [1.165, 1.54) is 0 Å². The highest BCUT2D eigenvalue weighted by molar-refractivity contribution is 5.94. The Kier molecular flexibility index (Phi) is 6.21. The minimum atomic E-state index is -0.268. The van der Waals surface area contributed by atoms with Crippen LogP contribution in [0.1, 0.15) is 37.0 Å². The number of benzene rings is 1. The standard InChI is InChI=1S/C21H29N3O4/c1-15(2)24-14-17(13-19(24)25)21(27)23-9-5-8-22(10-11-23)20(26)16-6-4-7-18(12-16)28-3/h4,6-7,12,15,17H,5,8-11,13-14H2,1-3H3. The molecule has 0 N–H and O–H groups in total. The number of methoxy groups -OCH3 is 1. The second kappa shape index (κ2) is 8.63. The molecule has 0 aliphatic carbocycles. The van der Waals surface area contributed by atoms with E-state index in [9.17, 15) is 14.4 Å². The lowest BCUT2D eigenvalue weighted by Crippen LogP contribution is -2.41. The minimum Gasteiger partial charge on any atom is -0.497 e. The summed E-state index contributed by atoms with van der Waals surface area (Å²) in [7, 11) is 1.58. The van der Waals surface area contributed by atoms with Crippen molar-refractivity contribution in [3.63, 3.8) is 0 Å². The monoisotopic (exact) mass is 387 g/mol. The zero-order valence-electron chi connectivity index (χ0n) is 16.9. The lowest BCUT2D eigenvalue weighted by atomic mass is 10.1. The molecule has 0 spiro atoms. The van der Waals surface area contributed by atoms with Gasteiger partial charge in [0.1, 0.15) is 5.75 Å². The minimum absolute atomic E-state index is 0.0344. The fourth-order valence-electron chi connectivity index (χ4n) is 3.93. The molecule has 28 heavy (non-hydrogen) atoms. The molecule has 1 unspecified atom stereocenters. The van der Waals surface area contributed by atoms with Crippen LogP contribution in [-0.4, -0.2) is 78.3 Å². The Bertz CT molecular complexity index is 749. The van der Waals surface area contributed by atoms with E-state index < -0.39 is 0 Å². The quantitative estimate of drug-likeness (QED) is 0.787. The topological polar surface area (TPSA) is 70.2 Å². The molecule has 2 saturated heterocycles. The van der Waals surface area contributed by atoms with Crippen molar-refractivity contribution in [2.24, 2.45) is 5.92 Å². The number of hydrogen-bond donors (Lipinski definition) is 0. The van der Waals surface area contributed by atoms with E-state index in [0.29, 0.717) is 50.5 Å². The molecule has 0 radical (unpaired) electrons. The maximum absolute atomic E-state index is 12.9. The second-order valence-corrected chi connectivity index (χ2v) is 7.74. The molecule has 2 aliphatic heterocycles. The van der Waals surface area contributed by atoms with Gasteiger partial charge in [-0.05, 0) is 38.5 Å². The molecule has 1 aromatic rings. The van der Waals surface area contributed by atoms with Crippen LogP contribution in [0.3, 0.4) is 0 Å². The van der Waals surface area contributed by atoms with E-state index in [2.05, 4.69) is 0 Å². The molecule has 2 fully saturated rings. The van der Waals surface area contributed by atoms with E-state index >= 15 is 0 Å². The van der Waals surface area contributed by atoms with Crippen LogP contribution in [0.4, 0.5) is 0 Å². The van der Waals surface area contributed by atoms with Gasteiger partial charge >= 0.3 is 0 Å². The summed E-state index contributed by atoms with van der Waals surface area (Å²) in [4.78, 5) is 43.3. The van der Waals surface area contributed by atoms with Crippen LogP contribution in [0.2, 0.25) is 0 Å². The number of ether oxygens (including phenoxy) is 1. The normalized spacial score (nSPS) is 20.5. The van der Waals surface area contributed by atoms with Crippen LogP contribution in [0, 0.1) is 5.92 Å². The Hall–Kier alpha value is -2.57. The van der Waals surface area contributed by atoms with Gasteiger partial charge in [0.15, 0.2) is 0 Å². The van der Waals surface area contributed by atoms with Crippen LogP contribution < -0.4 is 4.74 Å². The molecule has 2 heterocycles. The van der Waals surface area contributed by atoms with E-state index in [1.54, 1.807) is 35.1 Å². The average molecular weight is 387 g/mol. The van der Waals surface area contributed by atoms with Crippen LogP contribution in [0.15, 0.2) is 24.3 Å². The molecule has 1 atom stereocenters. The summed E-state index contributed by atoms with van der Waals surface area (Å²) in [5.74, 6) is 0.425. The Morgan fingerprint density at radius 2 is 1.82 bits per heavy atom. The van der Waals surface area contributed by atoms with Crippen LogP contribution in [-0.2, 0) is 9.59 Å². The largest absolute Gasteiger partial charge is 0.497 e. The number of amides is 3. The first kappa shape index (κ1) is 20.2. The van der Waals surface area contributed by atoms with Crippen molar-refractivity contribution in [1.82, 2.24) is 14.7 Å². The van der Waals surface area contributed by atoms with Crippen LogP contribution in [0.5, 0.6) is 5.75 Å². The van der Waals surface area contributed by atoms with E-state index in [0.717, 1.165) is 6.42 Å². The van der Waals surface area contributed by atoms with Crippen LogP contribution in [0.25, 0.3) is 0 Å². The first-order chi connectivity index (χ1) is 13.4. The lowest BCUT2D eigenvalue weighted by Gasteiger charge is -2.25. The third kappa shape index (κ3) is 4.29. The van der Waals surface area contributed by atoms with Crippen molar-refractivity contribution in [3.05, 3.63) is 29.8 Å². The predicted octanol–water partition coefficient (Wildman–Crippen LogP) is 1.63. The molecule has 3 amide bonds. The van der Waals surface area contributed by atoms with Crippen molar-refractivity contribution < 1.29 is 19.1 Å².